The fraction of sp³-hybridized carbons (Fsp3) is 0.0625. The van der Waals surface area contributed by atoms with E-state index in [2.05, 4.69) is 5.10 Å². The van der Waals surface area contributed by atoms with Crippen molar-refractivity contribution in [2.75, 3.05) is 5.73 Å². The van der Waals surface area contributed by atoms with E-state index >= 15 is 0 Å². The van der Waals surface area contributed by atoms with E-state index in [1.165, 1.54) is 22.9 Å². The second-order valence-corrected chi connectivity index (χ2v) is 4.72. The summed E-state index contributed by atoms with van der Waals surface area (Å²) < 4.78 is 29.0. The molecular formula is C16H13F2N3. The molecule has 0 aliphatic heterocycles. The molecule has 1 heterocycles. The first-order valence-electron chi connectivity index (χ1n) is 6.41. The first-order chi connectivity index (χ1) is 10.1. The molecule has 3 aromatic rings. The average molecular weight is 285 g/mol. The second kappa shape index (κ2) is 5.01. The molecule has 0 atom stereocenters. The van der Waals surface area contributed by atoms with Gasteiger partial charge in [0.05, 0.1) is 5.56 Å². The molecule has 0 radical (unpaired) electrons. The highest BCUT2D eigenvalue weighted by Gasteiger charge is 2.19. The van der Waals surface area contributed by atoms with Gasteiger partial charge < -0.3 is 5.73 Å². The van der Waals surface area contributed by atoms with E-state index in [4.69, 9.17) is 5.73 Å². The fourth-order valence-corrected chi connectivity index (χ4v) is 2.30. The number of nitrogens with zero attached hydrogens (tertiary/aromatic N) is 2. The third-order valence-electron chi connectivity index (χ3n) is 3.33. The highest BCUT2D eigenvalue weighted by Crippen LogP contribution is 2.37. The number of halogens is 2. The van der Waals surface area contributed by atoms with Gasteiger partial charge >= 0.3 is 0 Å². The van der Waals surface area contributed by atoms with Gasteiger partial charge in [-0.05, 0) is 18.2 Å². The van der Waals surface area contributed by atoms with Crippen molar-refractivity contribution in [3.05, 3.63) is 60.2 Å². The van der Waals surface area contributed by atoms with Crippen LogP contribution in [0.5, 0.6) is 0 Å². The summed E-state index contributed by atoms with van der Waals surface area (Å²) in [7, 11) is 1.67. The molecule has 5 heteroatoms. The predicted molar refractivity (Wildman–Crippen MR) is 78.4 cm³/mol. The number of nitrogens with two attached hydrogens (primary N) is 1. The molecule has 0 spiro atoms. The van der Waals surface area contributed by atoms with Crippen LogP contribution in [0.25, 0.3) is 22.4 Å². The zero-order chi connectivity index (χ0) is 15.0. The lowest BCUT2D eigenvalue weighted by Gasteiger charge is -2.05. The molecule has 21 heavy (non-hydrogen) atoms. The average Bonchev–Trinajstić information content (AvgIpc) is 2.76. The number of aryl methyl sites for hydroxylation is 1. The Kier molecular flexibility index (Phi) is 3.17. The van der Waals surface area contributed by atoms with E-state index in [0.717, 1.165) is 0 Å². The topological polar surface area (TPSA) is 43.8 Å². The van der Waals surface area contributed by atoms with Crippen molar-refractivity contribution in [3.8, 4) is 22.4 Å². The van der Waals surface area contributed by atoms with Crippen molar-refractivity contribution >= 4 is 5.82 Å². The minimum absolute atomic E-state index is 0.333. The summed E-state index contributed by atoms with van der Waals surface area (Å²) in [5, 5.41) is 4.30. The van der Waals surface area contributed by atoms with Crippen LogP contribution in [-0.2, 0) is 7.05 Å². The monoisotopic (exact) mass is 285 g/mol. The quantitative estimate of drug-likeness (QED) is 0.781. The van der Waals surface area contributed by atoms with Crippen molar-refractivity contribution in [2.24, 2.45) is 7.05 Å². The normalized spacial score (nSPS) is 10.8. The molecule has 3 nitrogen and oxygen atoms in total. The third-order valence-corrected chi connectivity index (χ3v) is 3.33. The van der Waals surface area contributed by atoms with E-state index in [1.807, 2.05) is 0 Å². The van der Waals surface area contributed by atoms with Gasteiger partial charge in [-0.1, -0.05) is 30.3 Å². The van der Waals surface area contributed by atoms with E-state index in [1.54, 1.807) is 37.4 Å². The number of benzene rings is 2. The summed E-state index contributed by atoms with van der Waals surface area (Å²) in [6.07, 6.45) is 0. The molecule has 0 amide bonds. The summed E-state index contributed by atoms with van der Waals surface area (Å²) in [5.41, 5.74) is 7.86. The van der Waals surface area contributed by atoms with Gasteiger partial charge in [0.15, 0.2) is 0 Å². The van der Waals surface area contributed by atoms with E-state index in [9.17, 15) is 8.78 Å². The highest BCUT2D eigenvalue weighted by atomic mass is 19.1. The van der Waals surface area contributed by atoms with Crippen LogP contribution < -0.4 is 5.73 Å². The molecular weight excluding hydrogens is 272 g/mol. The molecule has 0 bridgehead atoms. The van der Waals surface area contributed by atoms with Gasteiger partial charge in [0, 0.05) is 18.2 Å². The molecule has 2 N–H and O–H groups in total. The number of hydrogen-bond acceptors (Lipinski definition) is 2. The molecule has 3 rings (SSSR count). The first kappa shape index (κ1) is 13.3. The standard InChI is InChI=1S/C16H13F2N3/c1-21-16(19)14(12-7-2-3-8-13(12)18)15(20-21)10-5-4-6-11(17)9-10/h2-9H,19H2,1H3. The maximum Gasteiger partial charge on any atom is 0.131 e. The molecule has 2 aromatic carbocycles. The van der Waals surface area contributed by atoms with Crippen LogP contribution in [0.15, 0.2) is 48.5 Å². The Morgan fingerprint density at radius 1 is 1.05 bits per heavy atom. The van der Waals surface area contributed by atoms with Crippen LogP contribution >= 0.6 is 0 Å². The SMILES string of the molecule is Cn1nc(-c2cccc(F)c2)c(-c2ccccc2F)c1N. The molecule has 106 valence electrons. The highest BCUT2D eigenvalue weighted by molar-refractivity contribution is 5.88. The summed E-state index contributed by atoms with van der Waals surface area (Å²) in [4.78, 5) is 0. The number of nitrogen functional groups attached to an aromatic ring is 1. The van der Waals surface area contributed by atoms with E-state index in [0.29, 0.717) is 28.2 Å². The van der Waals surface area contributed by atoms with Crippen LogP contribution in [0.3, 0.4) is 0 Å². The van der Waals surface area contributed by atoms with Crippen LogP contribution in [0.4, 0.5) is 14.6 Å². The third kappa shape index (κ3) is 2.27. The summed E-state index contributed by atoms with van der Waals surface area (Å²) in [5.74, 6) is -0.439. The number of anilines is 1. The van der Waals surface area contributed by atoms with Crippen molar-refractivity contribution in [1.82, 2.24) is 9.78 Å². The van der Waals surface area contributed by atoms with Gasteiger partial charge in [-0.25, -0.2) is 8.78 Å². The Bertz CT molecular complexity index is 809. The first-order valence-corrected chi connectivity index (χ1v) is 6.41. The van der Waals surface area contributed by atoms with Gasteiger partial charge in [-0.3, -0.25) is 4.68 Å². The summed E-state index contributed by atoms with van der Waals surface area (Å²) in [6, 6.07) is 12.3. The minimum atomic E-state index is -0.394. The van der Waals surface area contributed by atoms with E-state index in [-0.39, 0.29) is 5.82 Å². The lowest BCUT2D eigenvalue weighted by Crippen LogP contribution is -1.98. The Balaban J connectivity index is 2.29. The van der Waals surface area contributed by atoms with Gasteiger partial charge in [0.1, 0.15) is 23.1 Å². The largest absolute Gasteiger partial charge is 0.383 e. The van der Waals surface area contributed by atoms with Gasteiger partial charge in [0.2, 0.25) is 0 Å². The van der Waals surface area contributed by atoms with Crippen molar-refractivity contribution in [2.45, 2.75) is 0 Å². The van der Waals surface area contributed by atoms with Crippen molar-refractivity contribution in [3.63, 3.8) is 0 Å². The Morgan fingerprint density at radius 3 is 2.52 bits per heavy atom. The maximum absolute atomic E-state index is 14.1. The number of aromatic nitrogens is 2. The number of hydrogen-bond donors (Lipinski definition) is 1. The minimum Gasteiger partial charge on any atom is -0.383 e. The Hall–Kier alpha value is -2.69. The van der Waals surface area contributed by atoms with Crippen LogP contribution in [0.2, 0.25) is 0 Å². The zero-order valence-electron chi connectivity index (χ0n) is 11.3. The predicted octanol–water partition coefficient (Wildman–Crippen LogP) is 3.61. The molecule has 0 unspecified atom stereocenters. The van der Waals surface area contributed by atoms with Crippen LogP contribution in [0, 0.1) is 11.6 Å². The van der Waals surface area contributed by atoms with Crippen LogP contribution in [-0.4, -0.2) is 9.78 Å². The van der Waals surface area contributed by atoms with Gasteiger partial charge in [-0.15, -0.1) is 0 Å². The van der Waals surface area contributed by atoms with Gasteiger partial charge in [0.25, 0.3) is 0 Å². The molecule has 0 aliphatic rings. The zero-order valence-corrected chi connectivity index (χ0v) is 11.3. The lowest BCUT2D eigenvalue weighted by molar-refractivity contribution is 0.628. The molecule has 1 aromatic heterocycles. The molecule has 0 fully saturated rings. The van der Waals surface area contributed by atoms with Crippen molar-refractivity contribution in [1.29, 1.82) is 0 Å². The second-order valence-electron chi connectivity index (χ2n) is 4.72. The summed E-state index contributed by atoms with van der Waals surface area (Å²) in [6.45, 7) is 0. The maximum atomic E-state index is 14.1. The molecule has 0 saturated carbocycles. The van der Waals surface area contributed by atoms with Crippen LogP contribution in [0.1, 0.15) is 0 Å². The van der Waals surface area contributed by atoms with Crippen molar-refractivity contribution < 1.29 is 8.78 Å². The summed E-state index contributed by atoms with van der Waals surface area (Å²) >= 11 is 0. The Labute approximate surface area is 120 Å². The van der Waals surface area contributed by atoms with E-state index < -0.39 is 5.82 Å². The lowest BCUT2D eigenvalue weighted by atomic mass is 10.0. The number of rotatable bonds is 2. The fourth-order valence-electron chi connectivity index (χ4n) is 2.30. The van der Waals surface area contributed by atoms with Gasteiger partial charge in [-0.2, -0.15) is 5.10 Å². The molecule has 0 aliphatic carbocycles. The smallest absolute Gasteiger partial charge is 0.131 e. The molecule has 0 saturated heterocycles. The Morgan fingerprint density at radius 2 is 1.81 bits per heavy atom.